The summed E-state index contributed by atoms with van der Waals surface area (Å²) in [7, 11) is 0. The Bertz CT molecular complexity index is 494. The standard InChI is InChI=1S/C19H26O2/c20-18(21)16-11-5-6-12-17(16)19(13-7-2-8-14-19)15-9-3-1-4-10-15/h5-6,11-12,15H,1-4,7-10,13-14H2,(H,20,21). The molecule has 2 nitrogen and oxygen atoms in total. The van der Waals surface area contributed by atoms with E-state index < -0.39 is 5.97 Å². The van der Waals surface area contributed by atoms with E-state index in [9.17, 15) is 9.90 Å². The van der Waals surface area contributed by atoms with E-state index in [4.69, 9.17) is 0 Å². The first-order valence-electron chi connectivity index (χ1n) is 8.57. The largest absolute Gasteiger partial charge is 0.478 e. The van der Waals surface area contributed by atoms with Crippen LogP contribution in [-0.2, 0) is 5.41 Å². The van der Waals surface area contributed by atoms with Gasteiger partial charge in [0.1, 0.15) is 0 Å². The topological polar surface area (TPSA) is 37.3 Å². The number of carboxylic acid groups (broad SMARTS) is 1. The van der Waals surface area contributed by atoms with Crippen LogP contribution in [0.25, 0.3) is 0 Å². The van der Waals surface area contributed by atoms with Gasteiger partial charge in [0.25, 0.3) is 0 Å². The molecule has 2 saturated carbocycles. The summed E-state index contributed by atoms with van der Waals surface area (Å²) in [6.45, 7) is 0. The maximum Gasteiger partial charge on any atom is 0.335 e. The summed E-state index contributed by atoms with van der Waals surface area (Å²) in [6, 6.07) is 7.80. The third-order valence-electron chi connectivity index (χ3n) is 5.83. The molecule has 21 heavy (non-hydrogen) atoms. The quantitative estimate of drug-likeness (QED) is 0.832. The molecule has 2 aliphatic rings. The fourth-order valence-electron chi connectivity index (χ4n) is 4.84. The Labute approximate surface area is 127 Å². The van der Waals surface area contributed by atoms with Crippen molar-refractivity contribution in [3.8, 4) is 0 Å². The van der Waals surface area contributed by atoms with E-state index in [1.807, 2.05) is 12.1 Å². The van der Waals surface area contributed by atoms with Gasteiger partial charge in [-0.1, -0.05) is 56.7 Å². The Balaban J connectivity index is 2.04. The van der Waals surface area contributed by atoms with Crippen molar-refractivity contribution in [1.29, 1.82) is 0 Å². The van der Waals surface area contributed by atoms with Crippen LogP contribution in [0.2, 0.25) is 0 Å². The van der Waals surface area contributed by atoms with Gasteiger partial charge in [0.15, 0.2) is 0 Å². The highest BCUT2D eigenvalue weighted by molar-refractivity contribution is 5.89. The molecule has 0 atom stereocenters. The molecule has 114 valence electrons. The maximum absolute atomic E-state index is 11.7. The van der Waals surface area contributed by atoms with Gasteiger partial charge in [0.05, 0.1) is 5.56 Å². The molecule has 0 heterocycles. The van der Waals surface area contributed by atoms with Crippen LogP contribution in [0.15, 0.2) is 24.3 Å². The minimum Gasteiger partial charge on any atom is -0.478 e. The van der Waals surface area contributed by atoms with Crippen LogP contribution in [0.1, 0.15) is 80.1 Å². The molecule has 2 aliphatic carbocycles. The maximum atomic E-state index is 11.7. The Morgan fingerprint density at radius 1 is 0.952 bits per heavy atom. The summed E-state index contributed by atoms with van der Waals surface area (Å²) in [5.41, 5.74) is 1.81. The van der Waals surface area contributed by atoms with E-state index >= 15 is 0 Å². The van der Waals surface area contributed by atoms with E-state index in [0.717, 1.165) is 5.56 Å². The predicted molar refractivity (Wildman–Crippen MR) is 84.7 cm³/mol. The molecule has 3 rings (SSSR count). The van der Waals surface area contributed by atoms with Crippen LogP contribution in [0, 0.1) is 5.92 Å². The van der Waals surface area contributed by atoms with Crippen LogP contribution in [-0.4, -0.2) is 11.1 Å². The van der Waals surface area contributed by atoms with Gasteiger partial charge in [-0.2, -0.15) is 0 Å². The lowest BCUT2D eigenvalue weighted by atomic mass is 9.58. The lowest BCUT2D eigenvalue weighted by molar-refractivity contribution is 0.0687. The first-order chi connectivity index (χ1) is 10.2. The molecule has 0 amide bonds. The van der Waals surface area contributed by atoms with Crippen molar-refractivity contribution in [1.82, 2.24) is 0 Å². The molecule has 0 aromatic heterocycles. The molecule has 0 aliphatic heterocycles. The van der Waals surface area contributed by atoms with E-state index in [1.165, 1.54) is 64.2 Å². The minimum absolute atomic E-state index is 0.133. The van der Waals surface area contributed by atoms with Gasteiger partial charge >= 0.3 is 5.97 Å². The Morgan fingerprint density at radius 2 is 1.57 bits per heavy atom. The summed E-state index contributed by atoms with van der Waals surface area (Å²) < 4.78 is 0. The number of aromatic carboxylic acids is 1. The Morgan fingerprint density at radius 3 is 2.24 bits per heavy atom. The second-order valence-corrected chi connectivity index (χ2v) is 6.90. The average molecular weight is 286 g/mol. The third-order valence-corrected chi connectivity index (χ3v) is 5.83. The van der Waals surface area contributed by atoms with Crippen LogP contribution >= 0.6 is 0 Å². The zero-order valence-electron chi connectivity index (χ0n) is 12.8. The van der Waals surface area contributed by atoms with Gasteiger partial charge in [0.2, 0.25) is 0 Å². The van der Waals surface area contributed by atoms with Crippen molar-refractivity contribution in [2.45, 2.75) is 69.6 Å². The second-order valence-electron chi connectivity index (χ2n) is 6.90. The van der Waals surface area contributed by atoms with E-state index in [1.54, 1.807) is 6.07 Å². The highest BCUT2D eigenvalue weighted by atomic mass is 16.4. The van der Waals surface area contributed by atoms with Crippen molar-refractivity contribution >= 4 is 5.97 Å². The highest BCUT2D eigenvalue weighted by Crippen LogP contribution is 2.50. The van der Waals surface area contributed by atoms with Gasteiger partial charge < -0.3 is 5.11 Å². The molecule has 0 spiro atoms. The fourth-order valence-corrected chi connectivity index (χ4v) is 4.84. The molecule has 2 fully saturated rings. The van der Waals surface area contributed by atoms with Crippen molar-refractivity contribution in [3.63, 3.8) is 0 Å². The number of hydrogen-bond donors (Lipinski definition) is 1. The van der Waals surface area contributed by atoms with Gasteiger partial charge in [-0.3, -0.25) is 0 Å². The van der Waals surface area contributed by atoms with Gasteiger partial charge in [-0.25, -0.2) is 4.79 Å². The molecule has 1 N–H and O–H groups in total. The normalized spacial score (nSPS) is 22.9. The zero-order chi connectivity index (χ0) is 14.7. The number of carbonyl (C=O) groups is 1. The van der Waals surface area contributed by atoms with Crippen LogP contribution in [0.3, 0.4) is 0 Å². The van der Waals surface area contributed by atoms with Gasteiger partial charge in [-0.15, -0.1) is 0 Å². The van der Waals surface area contributed by atoms with E-state index in [2.05, 4.69) is 6.07 Å². The van der Waals surface area contributed by atoms with Gasteiger partial charge in [-0.05, 0) is 48.6 Å². The molecule has 0 radical (unpaired) electrons. The number of hydrogen-bond acceptors (Lipinski definition) is 1. The van der Waals surface area contributed by atoms with Crippen molar-refractivity contribution in [2.24, 2.45) is 5.92 Å². The molecule has 0 bridgehead atoms. The smallest absolute Gasteiger partial charge is 0.335 e. The third kappa shape index (κ3) is 2.73. The zero-order valence-corrected chi connectivity index (χ0v) is 12.8. The molecule has 1 aromatic carbocycles. The molecule has 1 aromatic rings. The monoisotopic (exact) mass is 286 g/mol. The summed E-state index contributed by atoms with van der Waals surface area (Å²) in [5.74, 6) is -0.0709. The summed E-state index contributed by atoms with van der Waals surface area (Å²) in [6.07, 6.45) is 12.8. The van der Waals surface area contributed by atoms with E-state index in [-0.39, 0.29) is 5.41 Å². The average Bonchev–Trinajstić information content (AvgIpc) is 2.56. The number of benzene rings is 1. The first kappa shape index (κ1) is 14.6. The molecular weight excluding hydrogens is 260 g/mol. The van der Waals surface area contributed by atoms with Crippen LogP contribution in [0.5, 0.6) is 0 Å². The first-order valence-corrected chi connectivity index (χ1v) is 8.57. The van der Waals surface area contributed by atoms with E-state index in [0.29, 0.717) is 11.5 Å². The molecule has 0 unspecified atom stereocenters. The molecular formula is C19H26O2. The summed E-state index contributed by atoms with van der Waals surface area (Å²) in [4.78, 5) is 11.7. The second kappa shape index (κ2) is 6.21. The summed E-state index contributed by atoms with van der Waals surface area (Å²) in [5, 5.41) is 9.61. The lowest BCUT2D eigenvalue weighted by Gasteiger charge is -2.46. The predicted octanol–water partition coefficient (Wildman–Crippen LogP) is 5.17. The van der Waals surface area contributed by atoms with Crippen LogP contribution in [0.4, 0.5) is 0 Å². The Kier molecular flexibility index (Phi) is 4.32. The SMILES string of the molecule is O=C(O)c1ccccc1C1(C2CCCCC2)CCCCC1. The molecule has 2 heteroatoms. The van der Waals surface area contributed by atoms with Crippen molar-refractivity contribution < 1.29 is 9.90 Å². The minimum atomic E-state index is -0.758. The number of carboxylic acids is 1. The number of rotatable bonds is 3. The van der Waals surface area contributed by atoms with Crippen molar-refractivity contribution in [2.75, 3.05) is 0 Å². The summed E-state index contributed by atoms with van der Waals surface area (Å²) >= 11 is 0. The van der Waals surface area contributed by atoms with Gasteiger partial charge in [0, 0.05) is 0 Å². The highest BCUT2D eigenvalue weighted by Gasteiger charge is 2.43. The van der Waals surface area contributed by atoms with Crippen LogP contribution < -0.4 is 0 Å². The fraction of sp³-hybridized carbons (Fsp3) is 0.632. The van der Waals surface area contributed by atoms with Crippen molar-refractivity contribution in [3.05, 3.63) is 35.4 Å². The lowest BCUT2D eigenvalue weighted by Crippen LogP contribution is -2.39. The Hall–Kier alpha value is -1.31. The molecule has 0 saturated heterocycles.